The molecule has 3 heterocycles. The zero-order valence-electron chi connectivity index (χ0n) is 20.3. The summed E-state index contributed by atoms with van der Waals surface area (Å²) in [5.74, 6) is 0.191. The van der Waals surface area contributed by atoms with Crippen molar-refractivity contribution in [1.29, 1.82) is 0 Å². The van der Waals surface area contributed by atoms with Gasteiger partial charge in [0.1, 0.15) is 5.82 Å². The van der Waals surface area contributed by atoms with Crippen molar-refractivity contribution >= 4 is 20.9 Å². The van der Waals surface area contributed by atoms with Crippen LogP contribution in [0, 0.1) is 12.7 Å². The number of nitrogens with one attached hydrogen (secondary N) is 1. The topological polar surface area (TPSA) is 66.1 Å². The highest BCUT2D eigenvalue weighted by atomic mass is 32.2. The Morgan fingerprint density at radius 3 is 2.40 bits per heavy atom. The zero-order chi connectivity index (χ0) is 24.7. The fourth-order valence-electron chi connectivity index (χ4n) is 5.20. The Morgan fingerprint density at radius 1 is 1.03 bits per heavy atom. The third-order valence-corrected chi connectivity index (χ3v) is 8.92. The molecule has 4 aromatic rings. The average Bonchev–Trinajstić information content (AvgIpc) is 3.24. The van der Waals surface area contributed by atoms with Crippen LogP contribution in [0.25, 0.3) is 22.2 Å². The summed E-state index contributed by atoms with van der Waals surface area (Å²) in [6, 6.07) is 15.8. The molecule has 0 amide bonds. The molecule has 0 bridgehead atoms. The quantitative estimate of drug-likeness (QED) is 0.353. The molecule has 0 aliphatic carbocycles. The first-order valence-corrected chi connectivity index (χ1v) is 13.5. The number of hydrogen-bond acceptors (Lipinski definition) is 3. The number of aromatic nitrogens is 2. The lowest BCUT2D eigenvalue weighted by atomic mass is 9.88. The van der Waals surface area contributed by atoms with Gasteiger partial charge in [0.25, 0.3) is 0 Å². The molecule has 1 N–H and O–H groups in total. The summed E-state index contributed by atoms with van der Waals surface area (Å²) < 4.78 is 40.8. The number of halogens is 1. The number of piperidine rings is 1. The lowest BCUT2D eigenvalue weighted by molar-refractivity contribution is 0.319. The molecule has 182 valence electrons. The van der Waals surface area contributed by atoms with Crippen LogP contribution in [-0.2, 0) is 10.0 Å². The highest BCUT2D eigenvalue weighted by Gasteiger charge is 2.30. The number of pyridine rings is 1. The van der Waals surface area contributed by atoms with Crippen LogP contribution in [0.4, 0.5) is 4.39 Å². The number of sulfonamides is 1. The van der Waals surface area contributed by atoms with E-state index in [1.165, 1.54) is 45.1 Å². The number of fused-ring (bicyclic) bond motifs is 1. The molecule has 1 saturated heterocycles. The van der Waals surface area contributed by atoms with E-state index in [1.54, 1.807) is 0 Å². The number of aromatic amines is 1. The molecule has 35 heavy (non-hydrogen) atoms. The van der Waals surface area contributed by atoms with Gasteiger partial charge >= 0.3 is 0 Å². The van der Waals surface area contributed by atoms with Gasteiger partial charge in [-0.15, -0.1) is 0 Å². The number of hydrogen-bond donors (Lipinski definition) is 1. The first-order valence-electron chi connectivity index (χ1n) is 12.1. The van der Waals surface area contributed by atoms with Crippen LogP contribution in [0.2, 0.25) is 0 Å². The normalized spacial score (nSPS) is 15.8. The number of rotatable bonds is 5. The van der Waals surface area contributed by atoms with Crippen molar-refractivity contribution < 1.29 is 12.8 Å². The molecule has 0 atom stereocenters. The van der Waals surface area contributed by atoms with Gasteiger partial charge in [0.2, 0.25) is 10.0 Å². The number of nitrogens with zero attached hydrogens (tertiary/aromatic N) is 2. The highest BCUT2D eigenvalue weighted by molar-refractivity contribution is 7.89. The van der Waals surface area contributed by atoms with Gasteiger partial charge in [-0.25, -0.2) is 12.8 Å². The van der Waals surface area contributed by atoms with Crippen LogP contribution in [-0.4, -0.2) is 35.8 Å². The predicted octanol–water partition coefficient (Wildman–Crippen LogP) is 6.37. The van der Waals surface area contributed by atoms with E-state index >= 15 is 0 Å². The zero-order valence-corrected chi connectivity index (χ0v) is 21.1. The summed E-state index contributed by atoms with van der Waals surface area (Å²) in [4.78, 5) is 8.11. The number of H-pyrrole nitrogens is 1. The number of aryl methyl sites for hydroxylation is 1. The van der Waals surface area contributed by atoms with Crippen LogP contribution in [0.3, 0.4) is 0 Å². The molecule has 0 radical (unpaired) electrons. The first kappa shape index (κ1) is 23.7. The standard InChI is InChI=1S/C28H30FN3O2S/c1-18(2)27-25-17-21(4-9-26(25)31-28(27)22-10-13-30-19(3)16-22)20-11-14-32(15-12-20)35(33,34)24-7-5-23(29)6-8-24/h4-10,13,16-18,20,31H,11-12,14-15H2,1-3H3. The molecule has 1 aliphatic heterocycles. The Bertz CT molecular complexity index is 1470. The molecule has 1 aliphatic rings. The van der Waals surface area contributed by atoms with E-state index in [1.807, 2.05) is 19.2 Å². The van der Waals surface area contributed by atoms with Gasteiger partial charge in [-0.3, -0.25) is 4.98 Å². The Kier molecular flexibility index (Phi) is 6.23. The molecule has 5 rings (SSSR count). The third kappa shape index (κ3) is 4.50. The molecular formula is C28H30FN3O2S. The molecule has 0 saturated carbocycles. The van der Waals surface area contributed by atoms with Crippen molar-refractivity contribution in [3.05, 3.63) is 83.4 Å². The van der Waals surface area contributed by atoms with E-state index in [4.69, 9.17) is 0 Å². The van der Waals surface area contributed by atoms with E-state index < -0.39 is 15.8 Å². The molecule has 5 nitrogen and oxygen atoms in total. The van der Waals surface area contributed by atoms with Crippen LogP contribution in [0.15, 0.2) is 65.7 Å². The van der Waals surface area contributed by atoms with Crippen molar-refractivity contribution in [3.63, 3.8) is 0 Å². The second-order valence-corrected chi connectivity index (χ2v) is 11.6. The van der Waals surface area contributed by atoms with E-state index in [-0.39, 0.29) is 4.90 Å². The van der Waals surface area contributed by atoms with Gasteiger partial charge in [-0.05, 0) is 91.3 Å². The fraction of sp³-hybridized carbons (Fsp3) is 0.321. The Labute approximate surface area is 206 Å². The van der Waals surface area contributed by atoms with Crippen LogP contribution in [0.5, 0.6) is 0 Å². The largest absolute Gasteiger partial charge is 0.354 e. The fourth-order valence-corrected chi connectivity index (χ4v) is 6.67. The second kappa shape index (κ2) is 9.21. The molecule has 7 heteroatoms. The van der Waals surface area contributed by atoms with E-state index in [9.17, 15) is 12.8 Å². The second-order valence-electron chi connectivity index (χ2n) is 9.69. The molecule has 0 unspecified atom stereocenters. The minimum absolute atomic E-state index is 0.145. The maximum Gasteiger partial charge on any atom is 0.243 e. The van der Waals surface area contributed by atoms with Crippen molar-refractivity contribution in [2.45, 2.75) is 50.3 Å². The molecular weight excluding hydrogens is 461 g/mol. The van der Waals surface area contributed by atoms with Gasteiger partial charge in [0.05, 0.1) is 10.6 Å². The lowest BCUT2D eigenvalue weighted by Gasteiger charge is -2.31. The van der Waals surface area contributed by atoms with Crippen LogP contribution in [0.1, 0.15) is 55.3 Å². The van der Waals surface area contributed by atoms with Gasteiger partial charge in [-0.1, -0.05) is 19.9 Å². The maximum atomic E-state index is 13.2. The number of benzene rings is 2. The smallest absolute Gasteiger partial charge is 0.243 e. The Morgan fingerprint density at radius 2 is 1.74 bits per heavy atom. The highest BCUT2D eigenvalue weighted by Crippen LogP contribution is 2.38. The first-order chi connectivity index (χ1) is 16.7. The Hall–Kier alpha value is -3.03. The van der Waals surface area contributed by atoms with Gasteiger partial charge in [-0.2, -0.15) is 4.31 Å². The summed E-state index contributed by atoms with van der Waals surface area (Å²) in [5, 5.41) is 1.23. The lowest BCUT2D eigenvalue weighted by Crippen LogP contribution is -2.37. The molecule has 2 aromatic heterocycles. The van der Waals surface area contributed by atoms with Crippen molar-refractivity contribution in [1.82, 2.24) is 14.3 Å². The summed E-state index contributed by atoms with van der Waals surface area (Å²) in [6.45, 7) is 7.33. The van der Waals surface area contributed by atoms with Gasteiger partial charge < -0.3 is 4.98 Å². The molecule has 0 spiro atoms. The Balaban J connectivity index is 1.41. The average molecular weight is 492 g/mol. The molecule has 1 fully saturated rings. The van der Waals surface area contributed by atoms with E-state index in [0.717, 1.165) is 35.3 Å². The van der Waals surface area contributed by atoms with Crippen molar-refractivity contribution in [3.8, 4) is 11.3 Å². The minimum atomic E-state index is -3.61. The summed E-state index contributed by atoms with van der Waals surface area (Å²) in [5.41, 5.74) is 6.91. The van der Waals surface area contributed by atoms with Gasteiger partial charge in [0.15, 0.2) is 0 Å². The summed E-state index contributed by atoms with van der Waals surface area (Å²) in [6.07, 6.45) is 3.35. The predicted molar refractivity (Wildman–Crippen MR) is 137 cm³/mol. The minimum Gasteiger partial charge on any atom is -0.354 e. The van der Waals surface area contributed by atoms with Crippen LogP contribution >= 0.6 is 0 Å². The monoisotopic (exact) mass is 491 g/mol. The maximum absolute atomic E-state index is 13.2. The van der Waals surface area contributed by atoms with Crippen molar-refractivity contribution in [2.75, 3.05) is 13.1 Å². The third-order valence-electron chi connectivity index (χ3n) is 7.00. The summed E-state index contributed by atoms with van der Waals surface area (Å²) >= 11 is 0. The van der Waals surface area contributed by atoms with Gasteiger partial charge in [0, 0.05) is 41.4 Å². The molecule has 2 aromatic carbocycles. The van der Waals surface area contributed by atoms with Crippen LogP contribution < -0.4 is 0 Å². The van der Waals surface area contributed by atoms with E-state index in [2.05, 4.69) is 48.1 Å². The van der Waals surface area contributed by atoms with E-state index in [0.29, 0.717) is 24.9 Å². The summed E-state index contributed by atoms with van der Waals surface area (Å²) in [7, 11) is -3.61. The SMILES string of the molecule is Cc1cc(-c2[nH]c3ccc(C4CCN(S(=O)(=O)c5ccc(F)cc5)CC4)cc3c2C(C)C)ccn1. The van der Waals surface area contributed by atoms with Crippen molar-refractivity contribution in [2.24, 2.45) is 0 Å².